The Bertz CT molecular complexity index is 948. The molecule has 0 spiro atoms. The molecule has 8 nitrogen and oxygen atoms in total. The lowest BCUT2D eigenvalue weighted by atomic mass is 10.2. The number of hydrogen-bond acceptors (Lipinski definition) is 7. The van der Waals surface area contributed by atoms with Gasteiger partial charge in [0.2, 0.25) is 5.91 Å². The smallest absolute Gasteiger partial charge is 0.330 e. The highest BCUT2D eigenvalue weighted by Gasteiger charge is 2.17. The van der Waals surface area contributed by atoms with Gasteiger partial charge in [0.15, 0.2) is 0 Å². The Morgan fingerprint density at radius 1 is 0.867 bits per heavy atom. The summed E-state index contributed by atoms with van der Waals surface area (Å²) >= 11 is 6.77. The molecule has 0 atom stereocenters. The summed E-state index contributed by atoms with van der Waals surface area (Å²) in [5.74, 6) is 0.866. The summed E-state index contributed by atoms with van der Waals surface area (Å²) in [6, 6.07) is 14.5. The van der Waals surface area contributed by atoms with Crippen molar-refractivity contribution in [2.24, 2.45) is 5.92 Å². The van der Waals surface area contributed by atoms with Crippen LogP contribution in [-0.4, -0.2) is 27.9 Å². The van der Waals surface area contributed by atoms with Crippen molar-refractivity contribution in [2.45, 2.75) is 13.8 Å². The zero-order valence-corrected chi connectivity index (χ0v) is 19.6. The summed E-state index contributed by atoms with van der Waals surface area (Å²) in [5.41, 5.74) is 2.71. The number of carbonyl (C=O) groups is 1. The van der Waals surface area contributed by atoms with Gasteiger partial charge in [-0.3, -0.25) is 15.2 Å². The number of anilines is 1. The molecule has 30 heavy (non-hydrogen) atoms. The average Bonchev–Trinajstić information content (AvgIpc) is 2.71. The van der Waals surface area contributed by atoms with Crippen molar-refractivity contribution in [3.8, 4) is 23.5 Å². The standard InChI is InChI=1S/C20H19Br2N5O3/c1-12(2)17(28)26-27(3)18-23-19(29-15-8-4-13(21)5-9-15)25-20(24-18)30-16-10-6-14(22)7-11-16/h4-12H,1-3H3,(H,26,28). The molecule has 0 aliphatic heterocycles. The highest BCUT2D eigenvalue weighted by Crippen LogP contribution is 2.26. The molecule has 156 valence electrons. The molecule has 1 N–H and O–H groups in total. The van der Waals surface area contributed by atoms with Crippen LogP contribution in [0.3, 0.4) is 0 Å². The summed E-state index contributed by atoms with van der Waals surface area (Å²) in [5, 5.41) is 1.40. The van der Waals surface area contributed by atoms with Crippen LogP contribution in [0.15, 0.2) is 57.5 Å². The quantitative estimate of drug-likeness (QED) is 0.420. The minimum atomic E-state index is -0.203. The van der Waals surface area contributed by atoms with E-state index in [1.54, 1.807) is 45.2 Å². The van der Waals surface area contributed by atoms with Crippen molar-refractivity contribution in [1.82, 2.24) is 20.4 Å². The summed E-state index contributed by atoms with van der Waals surface area (Å²) in [7, 11) is 1.63. The third kappa shape index (κ3) is 6.14. The van der Waals surface area contributed by atoms with Crippen LogP contribution in [0.2, 0.25) is 0 Å². The normalized spacial score (nSPS) is 10.6. The fraction of sp³-hybridized carbons (Fsp3) is 0.200. The highest BCUT2D eigenvalue weighted by molar-refractivity contribution is 9.10. The van der Waals surface area contributed by atoms with Crippen LogP contribution in [0.1, 0.15) is 13.8 Å². The maximum atomic E-state index is 12.0. The molecule has 3 aromatic rings. The lowest BCUT2D eigenvalue weighted by Gasteiger charge is -2.20. The zero-order valence-electron chi connectivity index (χ0n) is 16.5. The third-order valence-electron chi connectivity index (χ3n) is 3.73. The van der Waals surface area contributed by atoms with Gasteiger partial charge >= 0.3 is 12.0 Å². The first-order chi connectivity index (χ1) is 14.3. The Morgan fingerprint density at radius 3 is 1.70 bits per heavy atom. The number of halogens is 2. The van der Waals surface area contributed by atoms with Gasteiger partial charge in [0, 0.05) is 21.9 Å². The van der Waals surface area contributed by atoms with Gasteiger partial charge in [-0.1, -0.05) is 45.7 Å². The molecule has 0 radical (unpaired) electrons. The number of rotatable bonds is 7. The monoisotopic (exact) mass is 535 g/mol. The van der Waals surface area contributed by atoms with E-state index in [-0.39, 0.29) is 29.8 Å². The summed E-state index contributed by atoms with van der Waals surface area (Å²) in [6.45, 7) is 3.58. The van der Waals surface area contributed by atoms with Gasteiger partial charge in [0.25, 0.3) is 5.95 Å². The van der Waals surface area contributed by atoms with Gasteiger partial charge in [-0.05, 0) is 48.5 Å². The van der Waals surface area contributed by atoms with E-state index in [0.717, 1.165) is 8.95 Å². The van der Waals surface area contributed by atoms with Crippen LogP contribution in [0.4, 0.5) is 5.95 Å². The number of nitrogens with one attached hydrogen (secondary N) is 1. The van der Waals surface area contributed by atoms with Crippen LogP contribution in [0, 0.1) is 5.92 Å². The first-order valence-electron chi connectivity index (χ1n) is 8.97. The largest absolute Gasteiger partial charge is 0.424 e. The number of aromatic nitrogens is 3. The second-order valence-electron chi connectivity index (χ2n) is 6.50. The molecule has 10 heteroatoms. The minimum Gasteiger partial charge on any atom is -0.424 e. The molecule has 1 amide bonds. The molecule has 0 aliphatic carbocycles. The van der Waals surface area contributed by atoms with Crippen LogP contribution >= 0.6 is 31.9 Å². The number of hydrogen-bond donors (Lipinski definition) is 1. The molecular formula is C20H19Br2N5O3. The molecule has 1 heterocycles. The Labute approximate surface area is 190 Å². The van der Waals surface area contributed by atoms with E-state index in [1.807, 2.05) is 24.3 Å². The maximum Gasteiger partial charge on any atom is 0.330 e. The summed E-state index contributed by atoms with van der Waals surface area (Å²) in [6.07, 6.45) is 0. The second-order valence-corrected chi connectivity index (χ2v) is 8.33. The molecule has 1 aromatic heterocycles. The fourth-order valence-electron chi connectivity index (χ4n) is 2.13. The van der Waals surface area contributed by atoms with E-state index in [4.69, 9.17) is 9.47 Å². The van der Waals surface area contributed by atoms with Crippen LogP contribution in [-0.2, 0) is 4.79 Å². The summed E-state index contributed by atoms with van der Waals surface area (Å²) in [4.78, 5) is 24.9. The molecule has 0 unspecified atom stereocenters. The van der Waals surface area contributed by atoms with E-state index in [2.05, 4.69) is 52.2 Å². The second kappa shape index (κ2) is 9.86. The van der Waals surface area contributed by atoms with Crippen molar-refractivity contribution in [3.05, 3.63) is 57.5 Å². The molecular weight excluding hydrogens is 518 g/mol. The number of benzene rings is 2. The lowest BCUT2D eigenvalue weighted by molar-refractivity contribution is -0.124. The lowest BCUT2D eigenvalue weighted by Crippen LogP contribution is -2.42. The molecule has 2 aromatic carbocycles. The van der Waals surface area contributed by atoms with Crippen LogP contribution in [0.5, 0.6) is 23.5 Å². The summed E-state index contributed by atoms with van der Waals surface area (Å²) < 4.78 is 13.4. The van der Waals surface area contributed by atoms with Crippen molar-refractivity contribution in [3.63, 3.8) is 0 Å². The third-order valence-corrected chi connectivity index (χ3v) is 4.79. The fourth-order valence-corrected chi connectivity index (χ4v) is 2.66. The van der Waals surface area contributed by atoms with Crippen molar-refractivity contribution >= 4 is 43.7 Å². The predicted octanol–water partition coefficient (Wildman–Crippen LogP) is 5.10. The number of carbonyl (C=O) groups excluding carboxylic acids is 1. The van der Waals surface area contributed by atoms with E-state index >= 15 is 0 Å². The molecule has 0 saturated carbocycles. The van der Waals surface area contributed by atoms with Gasteiger partial charge in [0.1, 0.15) is 11.5 Å². The minimum absolute atomic E-state index is 0.0279. The number of amides is 1. The Balaban J connectivity index is 1.90. The molecule has 0 fully saturated rings. The topological polar surface area (TPSA) is 89.5 Å². The van der Waals surface area contributed by atoms with E-state index in [9.17, 15) is 4.79 Å². The Morgan fingerprint density at radius 2 is 1.30 bits per heavy atom. The SMILES string of the molecule is CC(C)C(=O)NN(C)c1nc(Oc2ccc(Br)cc2)nc(Oc2ccc(Br)cc2)n1. The van der Waals surface area contributed by atoms with E-state index in [1.165, 1.54) is 5.01 Å². The first kappa shape index (κ1) is 22.0. The van der Waals surface area contributed by atoms with Crippen molar-refractivity contribution < 1.29 is 14.3 Å². The predicted molar refractivity (Wildman–Crippen MR) is 120 cm³/mol. The number of ether oxygens (including phenoxy) is 2. The number of nitrogens with zero attached hydrogens (tertiary/aromatic N) is 4. The van der Waals surface area contributed by atoms with Crippen LogP contribution in [0.25, 0.3) is 0 Å². The molecule has 0 aliphatic rings. The first-order valence-corrected chi connectivity index (χ1v) is 10.6. The number of hydrazine groups is 1. The average molecular weight is 537 g/mol. The molecule has 0 bridgehead atoms. The Kier molecular flexibility index (Phi) is 7.22. The van der Waals surface area contributed by atoms with Gasteiger partial charge in [-0.2, -0.15) is 9.97 Å². The van der Waals surface area contributed by atoms with Gasteiger partial charge < -0.3 is 9.47 Å². The van der Waals surface area contributed by atoms with E-state index in [0.29, 0.717) is 11.5 Å². The zero-order chi connectivity index (χ0) is 21.7. The Hall–Kier alpha value is -2.72. The molecule has 3 rings (SSSR count). The highest BCUT2D eigenvalue weighted by atomic mass is 79.9. The van der Waals surface area contributed by atoms with Gasteiger partial charge in [0.05, 0.1) is 0 Å². The van der Waals surface area contributed by atoms with Gasteiger partial charge in [-0.25, -0.2) is 0 Å². The van der Waals surface area contributed by atoms with Crippen molar-refractivity contribution in [2.75, 3.05) is 12.1 Å². The van der Waals surface area contributed by atoms with E-state index < -0.39 is 0 Å². The maximum absolute atomic E-state index is 12.0. The van der Waals surface area contributed by atoms with Crippen LogP contribution < -0.4 is 19.9 Å². The van der Waals surface area contributed by atoms with Gasteiger partial charge in [-0.15, -0.1) is 4.98 Å². The molecule has 0 saturated heterocycles. The van der Waals surface area contributed by atoms with Crippen molar-refractivity contribution in [1.29, 1.82) is 0 Å².